The summed E-state index contributed by atoms with van der Waals surface area (Å²) in [4.78, 5) is 36.1. The fourth-order valence-corrected chi connectivity index (χ4v) is 2.04. The highest BCUT2D eigenvalue weighted by Crippen LogP contribution is 2.17. The smallest absolute Gasteiger partial charge is 0.328 e. The normalized spacial score (nSPS) is 10.4. The third-order valence-corrected chi connectivity index (χ3v) is 3.47. The Bertz CT molecular complexity index is 785. The van der Waals surface area contributed by atoms with Gasteiger partial charge in [-0.2, -0.15) is 0 Å². The predicted molar refractivity (Wildman–Crippen MR) is 77.3 cm³/mol. The molecule has 110 valence electrons. The Morgan fingerprint density at radius 2 is 2.10 bits per heavy atom. The third-order valence-electron chi connectivity index (χ3n) is 2.69. The summed E-state index contributed by atoms with van der Waals surface area (Å²) in [7, 11) is 0. The second-order valence-electron chi connectivity index (χ2n) is 4.25. The Morgan fingerprint density at radius 1 is 1.33 bits per heavy atom. The molecule has 1 amide bonds. The zero-order valence-electron chi connectivity index (χ0n) is 10.7. The maximum Gasteiger partial charge on any atom is 0.328 e. The molecule has 0 aliphatic heterocycles. The average molecular weight is 356 g/mol. The fourth-order valence-electron chi connectivity index (χ4n) is 1.65. The second kappa shape index (κ2) is 6.49. The van der Waals surface area contributed by atoms with E-state index in [1.54, 1.807) is 6.07 Å². The van der Waals surface area contributed by atoms with Gasteiger partial charge in [0.05, 0.1) is 0 Å². The van der Waals surface area contributed by atoms with Crippen molar-refractivity contribution >= 4 is 21.8 Å². The lowest BCUT2D eigenvalue weighted by atomic mass is 10.2. The summed E-state index contributed by atoms with van der Waals surface area (Å²) in [6.45, 7) is -0.113. The van der Waals surface area contributed by atoms with Gasteiger partial charge in [0.15, 0.2) is 0 Å². The molecule has 0 aliphatic rings. The van der Waals surface area contributed by atoms with Crippen molar-refractivity contribution in [3.63, 3.8) is 0 Å². The lowest BCUT2D eigenvalue weighted by Crippen LogP contribution is -2.35. The van der Waals surface area contributed by atoms with E-state index in [4.69, 9.17) is 0 Å². The Balaban J connectivity index is 2.00. The van der Waals surface area contributed by atoms with Crippen molar-refractivity contribution in [2.75, 3.05) is 0 Å². The van der Waals surface area contributed by atoms with Crippen LogP contribution in [-0.4, -0.2) is 15.5 Å². The van der Waals surface area contributed by atoms with Crippen LogP contribution < -0.4 is 16.6 Å². The van der Waals surface area contributed by atoms with Crippen molar-refractivity contribution in [3.8, 4) is 0 Å². The molecule has 0 saturated heterocycles. The van der Waals surface area contributed by atoms with E-state index in [9.17, 15) is 18.8 Å². The quantitative estimate of drug-likeness (QED) is 0.848. The number of aromatic amines is 1. The molecule has 6 nitrogen and oxygen atoms in total. The monoisotopic (exact) mass is 355 g/mol. The van der Waals surface area contributed by atoms with Gasteiger partial charge in [0.1, 0.15) is 12.4 Å². The first kappa shape index (κ1) is 15.2. The molecule has 21 heavy (non-hydrogen) atoms. The Kier molecular flexibility index (Phi) is 4.69. The van der Waals surface area contributed by atoms with Crippen LogP contribution in [0.3, 0.4) is 0 Å². The van der Waals surface area contributed by atoms with Crippen LogP contribution in [0.4, 0.5) is 4.39 Å². The van der Waals surface area contributed by atoms with Crippen LogP contribution in [0.1, 0.15) is 5.56 Å². The van der Waals surface area contributed by atoms with Gasteiger partial charge in [0, 0.05) is 23.3 Å². The fraction of sp³-hybridized carbons (Fsp3) is 0.154. The summed E-state index contributed by atoms with van der Waals surface area (Å²) in [5.74, 6) is -0.834. The average Bonchev–Trinajstić information content (AvgIpc) is 2.43. The molecule has 0 aliphatic carbocycles. The number of aromatic nitrogens is 2. The molecule has 0 radical (unpaired) electrons. The first-order valence-corrected chi connectivity index (χ1v) is 6.75. The van der Waals surface area contributed by atoms with E-state index in [2.05, 4.69) is 21.2 Å². The summed E-state index contributed by atoms with van der Waals surface area (Å²) in [5.41, 5.74) is -0.609. The van der Waals surface area contributed by atoms with Crippen molar-refractivity contribution in [1.29, 1.82) is 0 Å². The molecular weight excluding hydrogens is 345 g/mol. The minimum Gasteiger partial charge on any atom is -0.350 e. The molecule has 0 saturated carbocycles. The number of carbonyl (C=O) groups excluding carboxylic acids is 1. The number of hydrogen-bond donors (Lipinski definition) is 2. The maximum absolute atomic E-state index is 13.1. The second-order valence-corrected chi connectivity index (χ2v) is 5.10. The number of rotatable bonds is 4. The maximum atomic E-state index is 13.1. The van der Waals surface area contributed by atoms with Crippen molar-refractivity contribution < 1.29 is 9.18 Å². The zero-order chi connectivity index (χ0) is 15.4. The van der Waals surface area contributed by atoms with Crippen LogP contribution in [-0.2, 0) is 17.9 Å². The van der Waals surface area contributed by atoms with Crippen LogP contribution in [0.15, 0.2) is 44.5 Å². The van der Waals surface area contributed by atoms with Gasteiger partial charge in [-0.15, -0.1) is 0 Å². The minimum atomic E-state index is -0.662. The summed E-state index contributed by atoms with van der Waals surface area (Å²) < 4.78 is 14.8. The summed E-state index contributed by atoms with van der Waals surface area (Å²) in [5, 5.41) is 2.57. The van der Waals surface area contributed by atoms with Gasteiger partial charge in [-0.05, 0) is 23.8 Å². The van der Waals surface area contributed by atoms with Gasteiger partial charge in [-0.3, -0.25) is 19.1 Å². The molecule has 2 aromatic rings. The summed E-state index contributed by atoms with van der Waals surface area (Å²) >= 11 is 3.25. The lowest BCUT2D eigenvalue weighted by molar-refractivity contribution is -0.121. The van der Waals surface area contributed by atoms with Crippen molar-refractivity contribution in [2.45, 2.75) is 13.1 Å². The van der Waals surface area contributed by atoms with Gasteiger partial charge in [-0.1, -0.05) is 15.9 Å². The number of halogens is 2. The highest BCUT2D eigenvalue weighted by molar-refractivity contribution is 9.10. The molecule has 1 aromatic carbocycles. The number of H-pyrrole nitrogens is 1. The van der Waals surface area contributed by atoms with Crippen LogP contribution >= 0.6 is 15.9 Å². The van der Waals surface area contributed by atoms with Crippen LogP contribution in [0.25, 0.3) is 0 Å². The van der Waals surface area contributed by atoms with E-state index in [1.807, 2.05) is 4.98 Å². The third kappa shape index (κ3) is 4.12. The van der Waals surface area contributed by atoms with Crippen molar-refractivity contribution in [3.05, 3.63) is 67.2 Å². The van der Waals surface area contributed by atoms with Crippen LogP contribution in [0.2, 0.25) is 0 Å². The van der Waals surface area contributed by atoms with Crippen molar-refractivity contribution in [2.24, 2.45) is 0 Å². The SMILES string of the molecule is O=C(Cn1ccc(=O)[nH]c1=O)NCc1cc(F)ccc1Br. The molecule has 1 heterocycles. The standard InChI is InChI=1S/C13H11BrFN3O3/c14-10-2-1-9(15)5-8(10)6-16-12(20)7-18-4-3-11(19)17-13(18)21/h1-5H,6-7H2,(H,16,20)(H,17,19,21). The van der Waals surface area contributed by atoms with E-state index < -0.39 is 23.0 Å². The molecule has 8 heteroatoms. The molecule has 0 bridgehead atoms. The summed E-state index contributed by atoms with van der Waals surface area (Å²) in [6, 6.07) is 5.30. The Labute approximate surface area is 126 Å². The largest absolute Gasteiger partial charge is 0.350 e. The van der Waals surface area contributed by atoms with Gasteiger partial charge in [0.2, 0.25) is 5.91 Å². The number of benzene rings is 1. The Morgan fingerprint density at radius 3 is 2.81 bits per heavy atom. The number of amides is 1. The van der Waals surface area contributed by atoms with E-state index >= 15 is 0 Å². The Hall–Kier alpha value is -2.22. The zero-order valence-corrected chi connectivity index (χ0v) is 12.3. The lowest BCUT2D eigenvalue weighted by Gasteiger charge is -2.08. The number of nitrogens with zero attached hydrogens (tertiary/aromatic N) is 1. The number of hydrogen-bond acceptors (Lipinski definition) is 3. The van der Waals surface area contributed by atoms with E-state index in [0.29, 0.717) is 10.0 Å². The molecule has 2 rings (SSSR count). The predicted octanol–water partition coefficient (Wildman–Crippen LogP) is 0.755. The van der Waals surface area contributed by atoms with E-state index in [-0.39, 0.29) is 13.1 Å². The van der Waals surface area contributed by atoms with Gasteiger partial charge >= 0.3 is 5.69 Å². The van der Waals surface area contributed by atoms with Gasteiger partial charge in [-0.25, -0.2) is 9.18 Å². The first-order valence-electron chi connectivity index (χ1n) is 5.96. The minimum absolute atomic E-state index is 0.120. The van der Waals surface area contributed by atoms with Crippen LogP contribution in [0, 0.1) is 5.82 Å². The number of carbonyl (C=O) groups is 1. The van der Waals surface area contributed by atoms with E-state index in [1.165, 1.54) is 18.3 Å². The molecule has 0 spiro atoms. The first-order chi connectivity index (χ1) is 9.95. The molecule has 1 aromatic heterocycles. The van der Waals surface area contributed by atoms with Gasteiger partial charge in [0.25, 0.3) is 5.56 Å². The highest BCUT2D eigenvalue weighted by atomic mass is 79.9. The topological polar surface area (TPSA) is 84.0 Å². The summed E-state index contributed by atoms with van der Waals surface area (Å²) in [6.07, 6.45) is 1.23. The van der Waals surface area contributed by atoms with Crippen molar-refractivity contribution in [1.82, 2.24) is 14.9 Å². The molecule has 0 unspecified atom stereocenters. The molecule has 0 atom stereocenters. The molecule has 2 N–H and O–H groups in total. The number of nitrogens with one attached hydrogen (secondary N) is 2. The van der Waals surface area contributed by atoms with E-state index in [0.717, 1.165) is 10.6 Å². The highest BCUT2D eigenvalue weighted by Gasteiger charge is 2.07. The van der Waals surface area contributed by atoms with Crippen LogP contribution in [0.5, 0.6) is 0 Å². The molecular formula is C13H11BrFN3O3. The van der Waals surface area contributed by atoms with Gasteiger partial charge < -0.3 is 5.32 Å². The molecule has 0 fully saturated rings.